The molecule has 0 unspecified atom stereocenters. The van der Waals surface area contributed by atoms with Crippen LogP contribution in [0.1, 0.15) is 10.7 Å². The Kier molecular flexibility index (Phi) is 7.04. The smallest absolute Gasteiger partial charge is 0.248 e. The molecule has 29 heavy (non-hydrogen) atoms. The molecule has 158 valence electrons. The van der Waals surface area contributed by atoms with E-state index in [1.165, 1.54) is 36.4 Å². The number of thioether (sulfide) groups is 1. The summed E-state index contributed by atoms with van der Waals surface area (Å²) in [5.41, 5.74) is 0.916. The first kappa shape index (κ1) is 21.9. The first-order valence-corrected chi connectivity index (χ1v) is 12.3. The Morgan fingerprint density at radius 3 is 2.79 bits per heavy atom. The molecule has 1 amide bonds. The summed E-state index contributed by atoms with van der Waals surface area (Å²) >= 11 is 2.96. The summed E-state index contributed by atoms with van der Waals surface area (Å²) in [6.45, 7) is 2.33. The number of aromatic nitrogens is 1. The van der Waals surface area contributed by atoms with E-state index < -0.39 is 16.1 Å². The molecule has 1 aromatic carbocycles. The lowest BCUT2D eigenvalue weighted by molar-refractivity contribution is -0.123. The summed E-state index contributed by atoms with van der Waals surface area (Å²) in [4.78, 5) is 17.1. The number of nitrogens with one attached hydrogen (secondary N) is 1. The fourth-order valence-corrected chi connectivity index (χ4v) is 6.91. The second-order valence-corrected chi connectivity index (χ2v) is 10.2. The maximum atomic E-state index is 13.3. The third kappa shape index (κ3) is 4.85. The molecule has 0 radical (unpaired) electrons. The number of methoxy groups -OCH3 is 2. The van der Waals surface area contributed by atoms with Crippen molar-refractivity contribution in [2.24, 2.45) is 0 Å². The van der Waals surface area contributed by atoms with Crippen LogP contribution in [0, 0.1) is 6.92 Å². The average Bonchev–Trinajstić information content (AvgIpc) is 3.37. The summed E-state index contributed by atoms with van der Waals surface area (Å²) in [6, 6.07) is 3.80. The standard InChI is InChI=1S/C18H23N3O5S3/c1-12-20-13(9-28-12)6-7-19-18(22)15-10-27-11-21(15)29(23,24)17-8-14(25-2)4-5-16(17)26-3/h4-5,8-9,15H,6-7,10-11H2,1-3H3,(H,19,22)/t15-/m1/s1. The number of nitrogens with zero attached hydrogens (tertiary/aromatic N) is 2. The minimum absolute atomic E-state index is 0.0161. The number of amides is 1. The molecule has 0 aliphatic carbocycles. The Morgan fingerprint density at radius 2 is 2.14 bits per heavy atom. The van der Waals surface area contributed by atoms with Crippen molar-refractivity contribution in [3.8, 4) is 11.5 Å². The van der Waals surface area contributed by atoms with Gasteiger partial charge in [-0.1, -0.05) is 0 Å². The quantitative estimate of drug-likeness (QED) is 0.646. The molecule has 8 nitrogen and oxygen atoms in total. The van der Waals surface area contributed by atoms with E-state index in [-0.39, 0.29) is 22.4 Å². The molecule has 1 aliphatic heterocycles. The van der Waals surface area contributed by atoms with Gasteiger partial charge < -0.3 is 14.8 Å². The number of sulfonamides is 1. The molecule has 2 aromatic rings. The van der Waals surface area contributed by atoms with Crippen LogP contribution in [-0.4, -0.2) is 62.1 Å². The minimum Gasteiger partial charge on any atom is -0.497 e. The summed E-state index contributed by atoms with van der Waals surface area (Å²) in [7, 11) is -1.08. The Labute approximate surface area is 178 Å². The molecule has 0 spiro atoms. The van der Waals surface area contributed by atoms with E-state index in [0.717, 1.165) is 10.7 Å². The van der Waals surface area contributed by atoms with E-state index in [0.29, 0.717) is 24.5 Å². The summed E-state index contributed by atoms with van der Waals surface area (Å²) in [5, 5.41) is 5.77. The zero-order chi connectivity index (χ0) is 21.0. The van der Waals surface area contributed by atoms with Gasteiger partial charge in [0.25, 0.3) is 0 Å². The monoisotopic (exact) mass is 457 g/mol. The molecule has 3 rings (SSSR count). The maximum Gasteiger partial charge on any atom is 0.248 e. The van der Waals surface area contributed by atoms with Crippen molar-refractivity contribution >= 4 is 39.0 Å². The highest BCUT2D eigenvalue weighted by Crippen LogP contribution is 2.35. The zero-order valence-electron chi connectivity index (χ0n) is 16.4. The van der Waals surface area contributed by atoms with Gasteiger partial charge in [-0.3, -0.25) is 4.79 Å². The highest BCUT2D eigenvalue weighted by atomic mass is 32.2. The number of benzene rings is 1. The molecule has 11 heteroatoms. The van der Waals surface area contributed by atoms with Gasteiger partial charge in [-0.2, -0.15) is 4.31 Å². The fourth-order valence-electron chi connectivity index (χ4n) is 2.94. The molecule has 1 saturated heterocycles. The van der Waals surface area contributed by atoms with Crippen LogP contribution in [-0.2, 0) is 21.2 Å². The molecule has 1 aliphatic rings. The summed E-state index contributed by atoms with van der Waals surface area (Å²) in [6.07, 6.45) is 0.604. The number of hydrogen-bond acceptors (Lipinski definition) is 8. The van der Waals surface area contributed by atoms with Gasteiger partial charge >= 0.3 is 0 Å². The highest BCUT2D eigenvalue weighted by Gasteiger charge is 2.41. The predicted octanol–water partition coefficient (Wildman–Crippen LogP) is 1.89. The molecule has 0 saturated carbocycles. The number of hydrogen-bond donors (Lipinski definition) is 1. The van der Waals surface area contributed by atoms with Gasteiger partial charge in [0.2, 0.25) is 15.9 Å². The van der Waals surface area contributed by atoms with Gasteiger partial charge in [0.15, 0.2) is 0 Å². The van der Waals surface area contributed by atoms with Crippen LogP contribution in [0.25, 0.3) is 0 Å². The van der Waals surface area contributed by atoms with E-state index in [9.17, 15) is 13.2 Å². The van der Waals surface area contributed by atoms with Crippen LogP contribution in [0.2, 0.25) is 0 Å². The lowest BCUT2D eigenvalue weighted by atomic mass is 10.3. The van der Waals surface area contributed by atoms with Crippen LogP contribution in [0.4, 0.5) is 0 Å². The molecule has 1 N–H and O–H groups in total. The average molecular weight is 458 g/mol. The van der Waals surface area contributed by atoms with Crippen molar-refractivity contribution in [2.45, 2.75) is 24.3 Å². The Bertz CT molecular complexity index is 977. The van der Waals surface area contributed by atoms with Crippen LogP contribution in [0.3, 0.4) is 0 Å². The topological polar surface area (TPSA) is 97.8 Å². The van der Waals surface area contributed by atoms with Gasteiger partial charge in [0.05, 0.1) is 30.8 Å². The largest absolute Gasteiger partial charge is 0.497 e. The molecule has 1 atom stereocenters. The summed E-state index contributed by atoms with van der Waals surface area (Å²) in [5.74, 6) is 0.892. The van der Waals surface area contributed by atoms with E-state index >= 15 is 0 Å². The van der Waals surface area contributed by atoms with E-state index in [4.69, 9.17) is 9.47 Å². The maximum absolute atomic E-state index is 13.3. The Morgan fingerprint density at radius 1 is 1.34 bits per heavy atom. The van der Waals surface area contributed by atoms with Crippen molar-refractivity contribution in [2.75, 3.05) is 32.4 Å². The van der Waals surface area contributed by atoms with E-state index in [1.807, 2.05) is 12.3 Å². The number of ether oxygens (including phenoxy) is 2. The van der Waals surface area contributed by atoms with Gasteiger partial charge in [-0.25, -0.2) is 13.4 Å². The van der Waals surface area contributed by atoms with Gasteiger partial charge in [-0.05, 0) is 19.1 Å². The van der Waals surface area contributed by atoms with Gasteiger partial charge in [-0.15, -0.1) is 23.1 Å². The van der Waals surface area contributed by atoms with Crippen molar-refractivity contribution in [3.63, 3.8) is 0 Å². The second kappa shape index (κ2) is 9.33. The van der Waals surface area contributed by atoms with Gasteiger partial charge in [0.1, 0.15) is 22.4 Å². The fraction of sp³-hybridized carbons (Fsp3) is 0.444. The second-order valence-electron chi connectivity index (χ2n) is 6.32. The minimum atomic E-state index is -3.95. The molecular formula is C18H23N3O5S3. The number of carbonyl (C=O) groups excluding carboxylic acids is 1. The van der Waals surface area contributed by atoms with Crippen LogP contribution >= 0.6 is 23.1 Å². The third-order valence-electron chi connectivity index (χ3n) is 4.45. The van der Waals surface area contributed by atoms with Crippen molar-refractivity contribution in [1.29, 1.82) is 0 Å². The number of aryl methyl sites for hydroxylation is 1. The molecule has 1 fully saturated rings. The van der Waals surface area contributed by atoms with Crippen LogP contribution in [0.15, 0.2) is 28.5 Å². The number of thiazole rings is 1. The van der Waals surface area contributed by atoms with Crippen LogP contribution in [0.5, 0.6) is 11.5 Å². The normalized spacial score (nSPS) is 17.3. The predicted molar refractivity (Wildman–Crippen MR) is 113 cm³/mol. The first-order chi connectivity index (χ1) is 13.9. The Hall–Kier alpha value is -1.82. The Balaban J connectivity index is 1.74. The number of rotatable bonds is 8. The van der Waals surface area contributed by atoms with Gasteiger partial charge in [0, 0.05) is 30.2 Å². The lowest BCUT2D eigenvalue weighted by Gasteiger charge is -2.23. The lowest BCUT2D eigenvalue weighted by Crippen LogP contribution is -2.47. The third-order valence-corrected chi connectivity index (χ3v) is 8.32. The molecule has 2 heterocycles. The molecule has 1 aromatic heterocycles. The van der Waals surface area contributed by atoms with E-state index in [2.05, 4.69) is 10.3 Å². The molecular weight excluding hydrogens is 434 g/mol. The van der Waals surface area contributed by atoms with E-state index in [1.54, 1.807) is 23.5 Å². The number of carbonyl (C=O) groups is 1. The summed E-state index contributed by atoms with van der Waals surface area (Å²) < 4.78 is 38.2. The molecule has 0 bridgehead atoms. The van der Waals surface area contributed by atoms with Crippen molar-refractivity contribution in [3.05, 3.63) is 34.3 Å². The SMILES string of the molecule is COc1ccc(OC)c(S(=O)(=O)N2CSC[C@@H]2C(=O)NCCc2csc(C)n2)c1. The van der Waals surface area contributed by atoms with Crippen molar-refractivity contribution in [1.82, 2.24) is 14.6 Å². The van der Waals surface area contributed by atoms with Crippen LogP contribution < -0.4 is 14.8 Å². The zero-order valence-corrected chi connectivity index (χ0v) is 18.8. The first-order valence-electron chi connectivity index (χ1n) is 8.87. The highest BCUT2D eigenvalue weighted by molar-refractivity contribution is 8.00. The van der Waals surface area contributed by atoms with Crippen molar-refractivity contribution < 1.29 is 22.7 Å².